The Hall–Kier alpha value is -0.610. The van der Waals surface area contributed by atoms with Gasteiger partial charge in [-0.05, 0) is 19.3 Å². The van der Waals surface area contributed by atoms with E-state index < -0.39 is 0 Å². The van der Waals surface area contributed by atoms with Gasteiger partial charge in [-0.2, -0.15) is 0 Å². The van der Waals surface area contributed by atoms with Crippen molar-refractivity contribution in [2.45, 2.75) is 76.4 Å². The molecule has 2 saturated heterocycles. The van der Waals surface area contributed by atoms with Crippen molar-refractivity contribution in [3.8, 4) is 0 Å². The van der Waals surface area contributed by atoms with E-state index in [-0.39, 0.29) is 17.6 Å². The van der Waals surface area contributed by atoms with Crippen molar-refractivity contribution in [2.75, 3.05) is 19.8 Å². The molecule has 0 aliphatic carbocycles. The van der Waals surface area contributed by atoms with Crippen molar-refractivity contribution in [1.82, 2.24) is 5.32 Å². The third kappa shape index (κ3) is 4.74. The molecule has 4 nitrogen and oxygen atoms in total. The highest BCUT2D eigenvalue weighted by Gasteiger charge is 2.41. The molecule has 4 heteroatoms. The maximum Gasteiger partial charge on any atom is 0.220 e. The molecule has 2 heterocycles. The Morgan fingerprint density at radius 3 is 2.85 bits per heavy atom. The minimum absolute atomic E-state index is 0.114. The van der Waals surface area contributed by atoms with Gasteiger partial charge in [0.15, 0.2) is 0 Å². The lowest BCUT2D eigenvalue weighted by atomic mass is 9.89. The van der Waals surface area contributed by atoms with Crippen LogP contribution >= 0.6 is 0 Å². The first kappa shape index (κ1) is 15.8. The van der Waals surface area contributed by atoms with Gasteiger partial charge in [-0.1, -0.05) is 32.6 Å². The molecule has 20 heavy (non-hydrogen) atoms. The Bertz CT molecular complexity index is 300. The molecular formula is C16H29NO3. The zero-order valence-corrected chi connectivity index (χ0v) is 12.8. The van der Waals surface area contributed by atoms with Crippen LogP contribution in [-0.2, 0) is 14.3 Å². The SMILES string of the molecule is CCCCCCCC(=O)N[C@@H]1CCO[C@]2(CCOC2)C1. The van der Waals surface area contributed by atoms with Crippen LogP contribution in [0.25, 0.3) is 0 Å². The number of ether oxygens (including phenoxy) is 2. The standard InChI is InChI=1S/C16H29NO3/c1-2-3-4-5-6-7-15(18)17-14-8-10-20-16(12-14)9-11-19-13-16/h14H,2-13H2,1H3,(H,17,18)/t14-,16-/m1/s1. The zero-order valence-electron chi connectivity index (χ0n) is 12.8. The highest BCUT2D eigenvalue weighted by Crippen LogP contribution is 2.32. The van der Waals surface area contributed by atoms with E-state index >= 15 is 0 Å². The summed E-state index contributed by atoms with van der Waals surface area (Å²) in [5.41, 5.74) is -0.114. The summed E-state index contributed by atoms with van der Waals surface area (Å²) in [7, 11) is 0. The normalized spacial score (nSPS) is 29.8. The fraction of sp³-hybridized carbons (Fsp3) is 0.938. The van der Waals surface area contributed by atoms with Gasteiger partial charge < -0.3 is 14.8 Å². The number of nitrogens with one attached hydrogen (secondary N) is 1. The van der Waals surface area contributed by atoms with Crippen molar-refractivity contribution < 1.29 is 14.3 Å². The molecule has 0 radical (unpaired) electrons. The third-order valence-electron chi connectivity index (χ3n) is 4.43. The molecule has 1 amide bonds. The van der Waals surface area contributed by atoms with E-state index in [1.165, 1.54) is 25.7 Å². The van der Waals surface area contributed by atoms with Crippen LogP contribution in [0.1, 0.15) is 64.7 Å². The topological polar surface area (TPSA) is 47.6 Å². The molecule has 0 unspecified atom stereocenters. The van der Waals surface area contributed by atoms with Crippen LogP contribution in [0.5, 0.6) is 0 Å². The van der Waals surface area contributed by atoms with Crippen molar-refractivity contribution in [1.29, 1.82) is 0 Å². The molecule has 116 valence electrons. The molecule has 1 spiro atoms. The second-order valence-electron chi connectivity index (χ2n) is 6.26. The number of rotatable bonds is 7. The fourth-order valence-electron chi connectivity index (χ4n) is 3.20. The smallest absolute Gasteiger partial charge is 0.220 e. The minimum Gasteiger partial charge on any atom is -0.378 e. The number of amides is 1. The van der Waals surface area contributed by atoms with Crippen molar-refractivity contribution in [2.24, 2.45) is 0 Å². The van der Waals surface area contributed by atoms with Crippen LogP contribution in [-0.4, -0.2) is 37.4 Å². The van der Waals surface area contributed by atoms with E-state index in [2.05, 4.69) is 12.2 Å². The lowest BCUT2D eigenvalue weighted by molar-refractivity contribution is -0.125. The molecule has 0 aromatic heterocycles. The summed E-state index contributed by atoms with van der Waals surface area (Å²) in [6, 6.07) is 0.272. The summed E-state index contributed by atoms with van der Waals surface area (Å²) < 4.78 is 11.3. The van der Waals surface area contributed by atoms with Gasteiger partial charge in [0.1, 0.15) is 0 Å². The molecule has 2 fully saturated rings. The van der Waals surface area contributed by atoms with Gasteiger partial charge in [0.05, 0.1) is 12.2 Å². The van der Waals surface area contributed by atoms with E-state index in [0.29, 0.717) is 13.0 Å². The van der Waals surface area contributed by atoms with Gasteiger partial charge in [-0.3, -0.25) is 4.79 Å². The Morgan fingerprint density at radius 2 is 2.10 bits per heavy atom. The van der Waals surface area contributed by atoms with E-state index in [1.54, 1.807) is 0 Å². The van der Waals surface area contributed by atoms with Crippen LogP contribution in [0, 0.1) is 0 Å². The van der Waals surface area contributed by atoms with Crippen LogP contribution in [0.3, 0.4) is 0 Å². The predicted octanol–water partition coefficient (Wildman–Crippen LogP) is 2.80. The molecule has 0 bridgehead atoms. The quantitative estimate of drug-likeness (QED) is 0.731. The summed E-state index contributed by atoms with van der Waals surface area (Å²) >= 11 is 0. The van der Waals surface area contributed by atoms with E-state index in [1.807, 2.05) is 0 Å². The molecule has 2 aliphatic heterocycles. The average molecular weight is 283 g/mol. The molecule has 0 aromatic carbocycles. The first-order valence-electron chi connectivity index (χ1n) is 8.25. The lowest BCUT2D eigenvalue weighted by Gasteiger charge is -2.37. The summed E-state index contributed by atoms with van der Waals surface area (Å²) in [6.07, 6.45) is 9.46. The Morgan fingerprint density at radius 1 is 1.25 bits per heavy atom. The number of carbonyl (C=O) groups is 1. The highest BCUT2D eigenvalue weighted by atomic mass is 16.6. The molecule has 2 atom stereocenters. The molecule has 0 saturated carbocycles. The van der Waals surface area contributed by atoms with Gasteiger partial charge in [0, 0.05) is 32.1 Å². The molecule has 0 aromatic rings. The van der Waals surface area contributed by atoms with Gasteiger partial charge in [0.2, 0.25) is 5.91 Å². The minimum atomic E-state index is -0.114. The Kier molecular flexibility index (Phi) is 6.30. The number of unbranched alkanes of at least 4 members (excludes halogenated alkanes) is 4. The van der Waals surface area contributed by atoms with Crippen LogP contribution < -0.4 is 5.32 Å². The summed E-state index contributed by atoms with van der Waals surface area (Å²) in [5.74, 6) is 0.211. The maximum absolute atomic E-state index is 12.0. The monoisotopic (exact) mass is 283 g/mol. The maximum atomic E-state index is 12.0. The molecular weight excluding hydrogens is 254 g/mol. The second-order valence-corrected chi connectivity index (χ2v) is 6.26. The van der Waals surface area contributed by atoms with Gasteiger partial charge >= 0.3 is 0 Å². The summed E-state index contributed by atoms with van der Waals surface area (Å²) in [6.45, 7) is 4.43. The summed E-state index contributed by atoms with van der Waals surface area (Å²) in [5, 5.41) is 3.19. The van der Waals surface area contributed by atoms with Crippen molar-refractivity contribution >= 4 is 5.91 Å². The van der Waals surface area contributed by atoms with Gasteiger partial charge in [0.25, 0.3) is 0 Å². The van der Waals surface area contributed by atoms with Gasteiger partial charge in [-0.25, -0.2) is 0 Å². The highest BCUT2D eigenvalue weighted by molar-refractivity contribution is 5.76. The fourth-order valence-corrected chi connectivity index (χ4v) is 3.20. The van der Waals surface area contributed by atoms with Crippen LogP contribution in [0.15, 0.2) is 0 Å². The third-order valence-corrected chi connectivity index (χ3v) is 4.43. The van der Waals surface area contributed by atoms with E-state index in [9.17, 15) is 4.79 Å². The lowest BCUT2D eigenvalue weighted by Crippen LogP contribution is -2.49. The van der Waals surface area contributed by atoms with Crippen molar-refractivity contribution in [3.05, 3.63) is 0 Å². The van der Waals surface area contributed by atoms with E-state index in [0.717, 1.165) is 38.9 Å². The molecule has 2 aliphatic rings. The average Bonchev–Trinajstić information content (AvgIpc) is 2.86. The molecule has 1 N–H and O–H groups in total. The first-order valence-corrected chi connectivity index (χ1v) is 8.25. The van der Waals surface area contributed by atoms with Crippen LogP contribution in [0.4, 0.5) is 0 Å². The van der Waals surface area contributed by atoms with Crippen molar-refractivity contribution in [3.63, 3.8) is 0 Å². The first-order chi connectivity index (χ1) is 9.74. The number of hydrogen-bond acceptors (Lipinski definition) is 3. The summed E-state index contributed by atoms with van der Waals surface area (Å²) in [4.78, 5) is 12.0. The largest absolute Gasteiger partial charge is 0.378 e. The molecule has 2 rings (SSSR count). The Labute approximate surface area is 122 Å². The number of carbonyl (C=O) groups excluding carboxylic acids is 1. The van der Waals surface area contributed by atoms with E-state index in [4.69, 9.17) is 9.47 Å². The number of hydrogen-bond donors (Lipinski definition) is 1. The predicted molar refractivity (Wildman–Crippen MR) is 78.7 cm³/mol. The zero-order chi connectivity index (χ0) is 14.3. The van der Waals surface area contributed by atoms with Crippen LogP contribution in [0.2, 0.25) is 0 Å². The van der Waals surface area contributed by atoms with Gasteiger partial charge in [-0.15, -0.1) is 0 Å². The Balaban J connectivity index is 1.63. The second kappa shape index (κ2) is 7.99.